The molecule has 0 bridgehead atoms. The zero-order valence-electron chi connectivity index (χ0n) is 5.13. The number of rotatable bonds is 2. The summed E-state index contributed by atoms with van der Waals surface area (Å²) < 4.78 is 1.01. The Morgan fingerprint density at radius 3 is 2.20 bits per heavy atom. The zero-order valence-corrected chi connectivity index (χ0v) is 8.35. The van der Waals surface area contributed by atoms with Crippen LogP contribution in [-0.4, -0.2) is 18.7 Å². The molecule has 1 rings (SSSR count). The number of alkyl halides is 2. The summed E-state index contributed by atoms with van der Waals surface area (Å²) in [7, 11) is 0. The van der Waals surface area contributed by atoms with Gasteiger partial charge in [-0.3, -0.25) is 0 Å². The van der Waals surface area contributed by atoms with Gasteiger partial charge in [0.05, 0.1) is 0 Å². The molecule has 0 aromatic heterocycles. The quantitative estimate of drug-likeness (QED) is 0.546. The molecule has 0 atom stereocenters. The molecule has 0 unspecified atom stereocenters. The number of benzene rings is 1. The molecule has 0 spiro atoms. The summed E-state index contributed by atoms with van der Waals surface area (Å²) in [5, 5.41) is 0. The van der Waals surface area contributed by atoms with Crippen LogP contribution in [0.15, 0.2) is 30.3 Å². The molecule has 1 aromatic rings. The fourth-order valence-electron chi connectivity index (χ4n) is 0.602. The molecule has 10 heavy (non-hydrogen) atoms. The SMILES string of the molecule is ClC(Cl)[Se]c1ccccc1. The van der Waals surface area contributed by atoms with E-state index in [-0.39, 0.29) is 18.7 Å². The average Bonchev–Trinajstić information content (AvgIpc) is 1.88. The van der Waals surface area contributed by atoms with E-state index in [1.807, 2.05) is 30.3 Å². The Labute approximate surface area is 76.7 Å². The van der Waals surface area contributed by atoms with E-state index in [9.17, 15) is 0 Å². The van der Waals surface area contributed by atoms with E-state index in [2.05, 4.69) is 0 Å². The van der Waals surface area contributed by atoms with Crippen LogP contribution in [0.25, 0.3) is 0 Å². The average molecular weight is 240 g/mol. The first-order chi connectivity index (χ1) is 4.79. The third kappa shape index (κ3) is 2.94. The van der Waals surface area contributed by atoms with Crippen LogP contribution in [0.2, 0.25) is 0 Å². The van der Waals surface area contributed by atoms with Gasteiger partial charge in [-0.05, 0) is 0 Å². The van der Waals surface area contributed by atoms with Crippen molar-refractivity contribution in [2.45, 2.75) is 3.73 Å². The van der Waals surface area contributed by atoms with Crippen LogP contribution in [0.4, 0.5) is 0 Å². The Morgan fingerprint density at radius 1 is 1.10 bits per heavy atom. The van der Waals surface area contributed by atoms with Crippen LogP contribution < -0.4 is 4.46 Å². The molecule has 1 aromatic carbocycles. The van der Waals surface area contributed by atoms with Gasteiger partial charge in [0.1, 0.15) is 0 Å². The number of hydrogen-bond acceptors (Lipinski definition) is 0. The maximum atomic E-state index is 5.61. The molecule has 0 aliphatic carbocycles. The zero-order chi connectivity index (χ0) is 7.40. The van der Waals surface area contributed by atoms with Crippen molar-refractivity contribution in [3.63, 3.8) is 0 Å². The van der Waals surface area contributed by atoms with Crippen molar-refractivity contribution in [2.24, 2.45) is 0 Å². The summed E-state index contributed by atoms with van der Waals surface area (Å²) in [6.07, 6.45) is 0. The molecule has 0 aliphatic heterocycles. The molecule has 54 valence electrons. The third-order valence-corrected chi connectivity index (χ3v) is 3.41. The predicted molar refractivity (Wildman–Crippen MR) is 47.3 cm³/mol. The molecule has 0 nitrogen and oxygen atoms in total. The molecule has 0 N–H and O–H groups in total. The molecular weight excluding hydrogens is 234 g/mol. The number of hydrogen-bond donors (Lipinski definition) is 0. The van der Waals surface area contributed by atoms with Gasteiger partial charge in [-0.25, -0.2) is 0 Å². The van der Waals surface area contributed by atoms with Gasteiger partial charge in [-0.1, -0.05) is 0 Å². The first kappa shape index (κ1) is 8.42. The van der Waals surface area contributed by atoms with Crippen LogP contribution >= 0.6 is 23.2 Å². The Bertz CT molecular complexity index is 186. The molecule has 3 heteroatoms. The van der Waals surface area contributed by atoms with E-state index in [1.165, 1.54) is 4.46 Å². The Hall–Kier alpha value is 0.319. The summed E-state index contributed by atoms with van der Waals surface area (Å²) in [4.78, 5) is 0. The predicted octanol–water partition coefficient (Wildman–Crippen LogP) is 1.78. The van der Waals surface area contributed by atoms with E-state index >= 15 is 0 Å². The molecule has 0 aliphatic rings. The first-order valence-electron chi connectivity index (χ1n) is 2.79. The molecule has 0 saturated heterocycles. The Morgan fingerprint density at radius 2 is 1.70 bits per heavy atom. The van der Waals surface area contributed by atoms with E-state index in [0.717, 1.165) is 0 Å². The molecule has 0 saturated carbocycles. The van der Waals surface area contributed by atoms with Gasteiger partial charge in [0, 0.05) is 0 Å². The van der Waals surface area contributed by atoms with Crippen LogP contribution in [0.5, 0.6) is 0 Å². The van der Waals surface area contributed by atoms with Crippen molar-refractivity contribution in [1.82, 2.24) is 0 Å². The number of halogens is 2. The van der Waals surface area contributed by atoms with E-state index < -0.39 is 0 Å². The van der Waals surface area contributed by atoms with Crippen LogP contribution in [0.3, 0.4) is 0 Å². The van der Waals surface area contributed by atoms with Gasteiger partial charge in [0.15, 0.2) is 0 Å². The van der Waals surface area contributed by atoms with Crippen molar-refractivity contribution in [3.05, 3.63) is 30.3 Å². The summed E-state index contributed by atoms with van der Waals surface area (Å²) in [5.74, 6) is 0. The van der Waals surface area contributed by atoms with Crippen molar-refractivity contribution in [2.75, 3.05) is 0 Å². The molecule has 0 heterocycles. The van der Waals surface area contributed by atoms with Gasteiger partial charge >= 0.3 is 76.7 Å². The maximum absolute atomic E-state index is 5.61. The first-order valence-corrected chi connectivity index (χ1v) is 5.51. The second-order valence-electron chi connectivity index (χ2n) is 1.69. The van der Waals surface area contributed by atoms with Crippen molar-refractivity contribution >= 4 is 42.6 Å². The summed E-state index contributed by atoms with van der Waals surface area (Å²) in [6.45, 7) is 0. The fourth-order valence-corrected chi connectivity index (χ4v) is 2.76. The summed E-state index contributed by atoms with van der Waals surface area (Å²) >= 11 is 11.4. The van der Waals surface area contributed by atoms with Gasteiger partial charge in [-0.15, -0.1) is 0 Å². The van der Waals surface area contributed by atoms with Crippen molar-refractivity contribution in [3.8, 4) is 0 Å². The standard InChI is InChI=1S/C7H6Cl2Se/c8-7(9)10-6-4-2-1-3-5-6/h1-5,7H. The molecule has 0 fully saturated rings. The van der Waals surface area contributed by atoms with E-state index in [1.54, 1.807) is 0 Å². The minimum absolute atomic E-state index is 0.199. The second kappa shape index (κ2) is 4.25. The Balaban J connectivity index is 2.59. The normalized spacial score (nSPS) is 10.3. The van der Waals surface area contributed by atoms with E-state index in [0.29, 0.717) is 0 Å². The minimum atomic E-state index is -0.227. The summed E-state index contributed by atoms with van der Waals surface area (Å²) in [5.41, 5.74) is 0. The van der Waals surface area contributed by atoms with Gasteiger partial charge in [-0.2, -0.15) is 0 Å². The second-order valence-corrected chi connectivity index (χ2v) is 6.43. The fraction of sp³-hybridized carbons (Fsp3) is 0.143. The topological polar surface area (TPSA) is 0 Å². The molecular formula is C7H6Cl2Se. The molecule has 0 radical (unpaired) electrons. The monoisotopic (exact) mass is 240 g/mol. The molecule has 0 amide bonds. The van der Waals surface area contributed by atoms with Crippen LogP contribution in [-0.2, 0) is 0 Å². The van der Waals surface area contributed by atoms with Gasteiger partial charge < -0.3 is 0 Å². The Kier molecular flexibility index (Phi) is 3.58. The third-order valence-electron chi connectivity index (χ3n) is 0.968. The van der Waals surface area contributed by atoms with Gasteiger partial charge in [0.2, 0.25) is 0 Å². The van der Waals surface area contributed by atoms with Crippen molar-refractivity contribution < 1.29 is 0 Å². The summed E-state index contributed by atoms with van der Waals surface area (Å²) in [6, 6.07) is 10.0. The van der Waals surface area contributed by atoms with Crippen LogP contribution in [0.1, 0.15) is 0 Å². The van der Waals surface area contributed by atoms with E-state index in [4.69, 9.17) is 23.2 Å². The van der Waals surface area contributed by atoms with Gasteiger partial charge in [0.25, 0.3) is 0 Å². The van der Waals surface area contributed by atoms with Crippen LogP contribution in [0, 0.1) is 0 Å². The van der Waals surface area contributed by atoms with Crippen molar-refractivity contribution in [1.29, 1.82) is 0 Å².